The van der Waals surface area contributed by atoms with Gasteiger partial charge in [-0.05, 0) is 48.6 Å². The van der Waals surface area contributed by atoms with E-state index in [1.807, 2.05) is 0 Å². The zero-order chi connectivity index (χ0) is 15.0. The Morgan fingerprint density at radius 3 is 2.60 bits per heavy atom. The molecule has 0 amide bonds. The van der Waals surface area contributed by atoms with Crippen molar-refractivity contribution >= 4 is 5.69 Å². The van der Waals surface area contributed by atoms with E-state index in [0.29, 0.717) is 16.9 Å². The Bertz CT molecular complexity index is 469. The van der Waals surface area contributed by atoms with Gasteiger partial charge in [-0.1, -0.05) is 58.7 Å². The van der Waals surface area contributed by atoms with Crippen molar-refractivity contribution in [2.24, 2.45) is 5.41 Å². The number of aryl methyl sites for hydroxylation is 1. The molecule has 1 nitrogen and oxygen atoms in total. The number of benzene rings is 1. The van der Waals surface area contributed by atoms with Crippen LogP contribution in [0.1, 0.15) is 71.4 Å². The van der Waals surface area contributed by atoms with Gasteiger partial charge in [0.2, 0.25) is 0 Å². The molecule has 112 valence electrons. The lowest BCUT2D eigenvalue weighted by atomic mass is 9.65. The van der Waals surface area contributed by atoms with E-state index in [4.69, 9.17) is 0 Å². The van der Waals surface area contributed by atoms with E-state index in [1.54, 1.807) is 0 Å². The molecule has 0 unspecified atom stereocenters. The largest absolute Gasteiger partial charge is 0.382 e. The van der Waals surface area contributed by atoms with Crippen molar-refractivity contribution in [2.45, 2.75) is 78.7 Å². The molecule has 1 heteroatoms. The van der Waals surface area contributed by atoms with Crippen molar-refractivity contribution in [2.75, 3.05) is 5.32 Å². The van der Waals surface area contributed by atoms with Gasteiger partial charge in [-0.2, -0.15) is 0 Å². The summed E-state index contributed by atoms with van der Waals surface area (Å²) in [6.07, 6.45) is 5.03. The van der Waals surface area contributed by atoms with Crippen LogP contribution in [-0.2, 0) is 5.41 Å². The number of hydrogen-bond donors (Lipinski definition) is 1. The summed E-state index contributed by atoms with van der Waals surface area (Å²) in [6, 6.07) is 7.55. The maximum atomic E-state index is 3.77. The average molecular weight is 273 g/mol. The third-order valence-corrected chi connectivity index (χ3v) is 4.44. The molecule has 1 aromatic rings. The molecule has 1 N–H and O–H groups in total. The minimum atomic E-state index is 0.296. The van der Waals surface area contributed by atoms with Gasteiger partial charge in [-0.25, -0.2) is 0 Å². The molecule has 1 aliphatic heterocycles. The van der Waals surface area contributed by atoms with Crippen LogP contribution in [-0.4, -0.2) is 6.04 Å². The number of rotatable bonds is 3. The summed E-state index contributed by atoms with van der Waals surface area (Å²) in [7, 11) is 0. The molecule has 0 radical (unpaired) electrons. The van der Waals surface area contributed by atoms with E-state index in [9.17, 15) is 0 Å². The summed E-state index contributed by atoms with van der Waals surface area (Å²) in [5.74, 6) is 0. The molecule has 20 heavy (non-hydrogen) atoms. The Morgan fingerprint density at radius 2 is 2.00 bits per heavy atom. The third kappa shape index (κ3) is 3.37. The molecule has 2 rings (SSSR count). The standard InChI is InChI=1S/C19H31N/c1-7-8-15-12-19(6,13-18(3,4)5)16-11-14(2)9-10-17(16)20-15/h9-11,15,20H,7-8,12-13H2,1-6H3/t15-,19+/m1/s1. The van der Waals surface area contributed by atoms with Gasteiger partial charge in [0, 0.05) is 11.7 Å². The topological polar surface area (TPSA) is 12.0 Å². The van der Waals surface area contributed by atoms with Crippen LogP contribution >= 0.6 is 0 Å². The van der Waals surface area contributed by atoms with Crippen LogP contribution in [0.15, 0.2) is 18.2 Å². The van der Waals surface area contributed by atoms with Crippen LogP contribution in [0, 0.1) is 12.3 Å². The zero-order valence-corrected chi connectivity index (χ0v) is 14.1. The van der Waals surface area contributed by atoms with Crippen LogP contribution in [0.2, 0.25) is 0 Å². The fourth-order valence-corrected chi connectivity index (χ4v) is 4.07. The number of nitrogens with one attached hydrogen (secondary N) is 1. The smallest absolute Gasteiger partial charge is 0.0380 e. The van der Waals surface area contributed by atoms with E-state index in [0.717, 1.165) is 0 Å². The number of hydrogen-bond acceptors (Lipinski definition) is 1. The minimum Gasteiger partial charge on any atom is -0.382 e. The fourth-order valence-electron chi connectivity index (χ4n) is 4.07. The molecule has 1 heterocycles. The highest BCUT2D eigenvalue weighted by Crippen LogP contribution is 2.46. The molecule has 0 saturated heterocycles. The SMILES string of the molecule is CCC[C@@H]1C[C@@](C)(CC(C)(C)C)c2cc(C)ccc2N1. The van der Waals surface area contributed by atoms with Gasteiger partial charge in [0.05, 0.1) is 0 Å². The monoisotopic (exact) mass is 273 g/mol. The molecule has 0 aliphatic carbocycles. The summed E-state index contributed by atoms with van der Waals surface area (Å²) < 4.78 is 0. The fraction of sp³-hybridized carbons (Fsp3) is 0.684. The Hall–Kier alpha value is -0.980. The van der Waals surface area contributed by atoms with Gasteiger partial charge in [0.1, 0.15) is 0 Å². The van der Waals surface area contributed by atoms with E-state index in [-0.39, 0.29) is 0 Å². The first-order valence-corrected chi connectivity index (χ1v) is 8.11. The normalized spacial score (nSPS) is 26.0. The van der Waals surface area contributed by atoms with Gasteiger partial charge in [0.25, 0.3) is 0 Å². The third-order valence-electron chi connectivity index (χ3n) is 4.44. The van der Waals surface area contributed by atoms with E-state index < -0.39 is 0 Å². The second kappa shape index (κ2) is 5.42. The molecule has 0 bridgehead atoms. The van der Waals surface area contributed by atoms with E-state index in [2.05, 4.69) is 65.1 Å². The van der Waals surface area contributed by atoms with Crippen molar-refractivity contribution in [3.63, 3.8) is 0 Å². The van der Waals surface area contributed by atoms with Crippen molar-refractivity contribution in [3.05, 3.63) is 29.3 Å². The van der Waals surface area contributed by atoms with Gasteiger partial charge >= 0.3 is 0 Å². The molecule has 0 spiro atoms. The van der Waals surface area contributed by atoms with Crippen molar-refractivity contribution in [1.29, 1.82) is 0 Å². The highest BCUT2D eigenvalue weighted by molar-refractivity contribution is 5.59. The quantitative estimate of drug-likeness (QED) is 0.747. The summed E-state index contributed by atoms with van der Waals surface area (Å²) in [6.45, 7) is 14.1. The van der Waals surface area contributed by atoms with Crippen LogP contribution in [0.4, 0.5) is 5.69 Å². The van der Waals surface area contributed by atoms with E-state index in [1.165, 1.54) is 42.5 Å². The van der Waals surface area contributed by atoms with Crippen LogP contribution in [0.5, 0.6) is 0 Å². The Morgan fingerprint density at radius 1 is 1.30 bits per heavy atom. The first kappa shape index (κ1) is 15.4. The van der Waals surface area contributed by atoms with Crippen molar-refractivity contribution in [3.8, 4) is 0 Å². The number of anilines is 1. The van der Waals surface area contributed by atoms with Crippen molar-refractivity contribution in [1.82, 2.24) is 0 Å². The van der Waals surface area contributed by atoms with Crippen LogP contribution in [0.25, 0.3) is 0 Å². The molecule has 1 aromatic carbocycles. The second-order valence-corrected chi connectivity index (χ2v) is 8.18. The maximum Gasteiger partial charge on any atom is 0.0380 e. The maximum absolute atomic E-state index is 3.77. The molecule has 0 aromatic heterocycles. The highest BCUT2D eigenvalue weighted by atomic mass is 14.9. The van der Waals surface area contributed by atoms with Crippen molar-refractivity contribution < 1.29 is 0 Å². The predicted molar refractivity (Wildman–Crippen MR) is 89.5 cm³/mol. The average Bonchev–Trinajstić information content (AvgIpc) is 2.28. The molecule has 0 saturated carbocycles. The number of fused-ring (bicyclic) bond motifs is 1. The van der Waals surface area contributed by atoms with Gasteiger partial charge in [0.15, 0.2) is 0 Å². The molecular weight excluding hydrogens is 242 g/mol. The molecule has 2 atom stereocenters. The van der Waals surface area contributed by atoms with E-state index >= 15 is 0 Å². The van der Waals surface area contributed by atoms with Gasteiger partial charge in [-0.15, -0.1) is 0 Å². The van der Waals surface area contributed by atoms with Crippen LogP contribution in [0.3, 0.4) is 0 Å². The van der Waals surface area contributed by atoms with Crippen LogP contribution < -0.4 is 5.32 Å². The molecule has 0 fully saturated rings. The highest BCUT2D eigenvalue weighted by Gasteiger charge is 2.38. The lowest BCUT2D eigenvalue weighted by Gasteiger charge is -2.44. The summed E-state index contributed by atoms with van der Waals surface area (Å²) in [5.41, 5.74) is 4.93. The van der Waals surface area contributed by atoms with Gasteiger partial charge in [-0.3, -0.25) is 0 Å². The molecule has 1 aliphatic rings. The summed E-state index contributed by atoms with van der Waals surface area (Å²) >= 11 is 0. The Labute approximate surface area is 125 Å². The van der Waals surface area contributed by atoms with Gasteiger partial charge < -0.3 is 5.32 Å². The molecular formula is C19H31N. The summed E-state index contributed by atoms with van der Waals surface area (Å²) in [4.78, 5) is 0. The first-order chi connectivity index (χ1) is 9.23. The minimum absolute atomic E-state index is 0.296. The Kier molecular flexibility index (Phi) is 4.18. The Balaban J connectivity index is 2.41. The first-order valence-electron chi connectivity index (χ1n) is 8.11. The predicted octanol–water partition coefficient (Wildman–Crippen LogP) is 5.67. The zero-order valence-electron chi connectivity index (χ0n) is 14.1. The second-order valence-electron chi connectivity index (χ2n) is 8.18. The lowest BCUT2D eigenvalue weighted by molar-refractivity contribution is 0.239. The summed E-state index contributed by atoms with van der Waals surface area (Å²) in [5, 5.41) is 3.77. The lowest BCUT2D eigenvalue weighted by Crippen LogP contribution is -2.40.